The number of carboxylic acid groups (broad SMARTS) is 1. The maximum atomic E-state index is 11.5. The summed E-state index contributed by atoms with van der Waals surface area (Å²) in [5, 5.41) is 13.7. The van der Waals surface area contributed by atoms with E-state index in [1.54, 1.807) is 0 Å². The monoisotopic (exact) mass is 299 g/mol. The molecule has 0 bridgehead atoms. The molecule has 0 atom stereocenters. The maximum Gasteiger partial charge on any atom is 0.356 e. The number of hydrogen-bond acceptors (Lipinski definition) is 3. The molecule has 0 unspecified atom stereocenters. The van der Waals surface area contributed by atoms with E-state index in [1.807, 2.05) is 10.7 Å². The highest BCUT2D eigenvalue weighted by atomic mass is 16.4. The van der Waals surface area contributed by atoms with E-state index in [4.69, 9.17) is 0 Å². The summed E-state index contributed by atoms with van der Waals surface area (Å²) in [4.78, 5) is 13.7. The zero-order chi connectivity index (χ0) is 15.7. The fourth-order valence-electron chi connectivity index (χ4n) is 3.10. The quantitative estimate of drug-likeness (QED) is 0.943. The first-order chi connectivity index (χ1) is 10.6. The van der Waals surface area contributed by atoms with Gasteiger partial charge in [-0.1, -0.05) is 19.1 Å². The number of benzene rings is 1. The van der Waals surface area contributed by atoms with Crippen molar-refractivity contribution in [1.29, 1.82) is 0 Å². The van der Waals surface area contributed by atoms with E-state index in [2.05, 4.69) is 42.0 Å². The molecule has 2 heterocycles. The van der Waals surface area contributed by atoms with E-state index in [-0.39, 0.29) is 5.69 Å². The van der Waals surface area contributed by atoms with Crippen molar-refractivity contribution in [2.45, 2.75) is 39.8 Å². The third-order valence-electron chi connectivity index (χ3n) is 4.14. The topological polar surface area (TPSA) is 58.4 Å². The van der Waals surface area contributed by atoms with Crippen molar-refractivity contribution in [3.8, 4) is 0 Å². The Morgan fingerprint density at radius 1 is 1.41 bits per heavy atom. The standard InChI is InChI=1S/C17H21N3O2/c1-3-8-20-15-7-9-19(13-6-4-5-12(2)10-13)11-14(15)16(18-20)17(21)22/h4-6,10H,3,7-9,11H2,1-2H3,(H,21,22). The molecule has 22 heavy (non-hydrogen) atoms. The van der Waals surface area contributed by atoms with Crippen LogP contribution >= 0.6 is 0 Å². The third kappa shape index (κ3) is 2.58. The van der Waals surface area contributed by atoms with Crippen LogP contribution < -0.4 is 4.90 Å². The van der Waals surface area contributed by atoms with Gasteiger partial charge in [0, 0.05) is 43.0 Å². The second-order valence-corrected chi connectivity index (χ2v) is 5.81. The lowest BCUT2D eigenvalue weighted by atomic mass is 10.0. The normalized spacial score (nSPS) is 14.0. The van der Waals surface area contributed by atoms with Crippen LogP contribution in [-0.2, 0) is 19.5 Å². The Morgan fingerprint density at radius 3 is 2.91 bits per heavy atom. The Balaban J connectivity index is 1.96. The number of carboxylic acids is 1. The first kappa shape index (κ1) is 14.6. The van der Waals surface area contributed by atoms with Crippen LogP contribution in [0.1, 0.15) is 40.7 Å². The van der Waals surface area contributed by atoms with Crippen molar-refractivity contribution in [1.82, 2.24) is 9.78 Å². The van der Waals surface area contributed by atoms with Gasteiger partial charge in [0.1, 0.15) is 0 Å². The minimum absolute atomic E-state index is 0.209. The van der Waals surface area contributed by atoms with Gasteiger partial charge in [-0.25, -0.2) is 4.79 Å². The van der Waals surface area contributed by atoms with Gasteiger partial charge in [0.15, 0.2) is 5.69 Å². The molecule has 1 aliphatic heterocycles. The Labute approximate surface area is 130 Å². The summed E-state index contributed by atoms with van der Waals surface area (Å²) in [7, 11) is 0. The van der Waals surface area contributed by atoms with E-state index < -0.39 is 5.97 Å². The number of aromatic carboxylic acids is 1. The number of aromatic nitrogens is 2. The molecule has 5 heteroatoms. The summed E-state index contributed by atoms with van der Waals surface area (Å²) >= 11 is 0. The SMILES string of the molecule is CCCn1nc(C(=O)O)c2c1CCN(c1cccc(C)c1)C2. The van der Waals surface area contributed by atoms with Crippen molar-refractivity contribution >= 4 is 11.7 Å². The second kappa shape index (κ2) is 5.83. The van der Waals surface area contributed by atoms with Crippen molar-refractivity contribution in [2.24, 2.45) is 0 Å². The summed E-state index contributed by atoms with van der Waals surface area (Å²) in [6.07, 6.45) is 1.79. The largest absolute Gasteiger partial charge is 0.476 e. The van der Waals surface area contributed by atoms with E-state index >= 15 is 0 Å². The first-order valence-corrected chi connectivity index (χ1v) is 7.73. The lowest BCUT2D eigenvalue weighted by molar-refractivity contribution is 0.0688. The minimum Gasteiger partial charge on any atom is -0.476 e. The van der Waals surface area contributed by atoms with Crippen molar-refractivity contribution < 1.29 is 9.90 Å². The van der Waals surface area contributed by atoms with Crippen LogP contribution in [0.15, 0.2) is 24.3 Å². The molecule has 3 rings (SSSR count). The summed E-state index contributed by atoms with van der Waals surface area (Å²) in [6.45, 7) is 6.44. The molecule has 1 aromatic heterocycles. The van der Waals surface area contributed by atoms with Crippen LogP contribution in [0.25, 0.3) is 0 Å². The van der Waals surface area contributed by atoms with Gasteiger partial charge in [-0.15, -0.1) is 0 Å². The maximum absolute atomic E-state index is 11.5. The molecule has 0 aliphatic carbocycles. The van der Waals surface area contributed by atoms with Gasteiger partial charge in [0.25, 0.3) is 0 Å². The molecule has 2 aromatic rings. The van der Waals surface area contributed by atoms with Crippen LogP contribution in [0, 0.1) is 6.92 Å². The van der Waals surface area contributed by atoms with E-state index in [1.165, 1.54) is 5.56 Å². The molecule has 0 radical (unpaired) electrons. The Morgan fingerprint density at radius 2 is 2.23 bits per heavy atom. The fourth-order valence-corrected chi connectivity index (χ4v) is 3.10. The van der Waals surface area contributed by atoms with Crippen LogP contribution in [0.5, 0.6) is 0 Å². The molecular formula is C17H21N3O2. The Bertz CT molecular complexity index is 706. The molecule has 1 aromatic carbocycles. The molecule has 1 aliphatic rings. The number of carbonyl (C=O) groups is 1. The van der Waals surface area contributed by atoms with Gasteiger partial charge in [-0.3, -0.25) is 4.68 Å². The van der Waals surface area contributed by atoms with Crippen LogP contribution in [0.2, 0.25) is 0 Å². The van der Waals surface area contributed by atoms with Crippen molar-refractivity contribution in [2.75, 3.05) is 11.4 Å². The van der Waals surface area contributed by atoms with Gasteiger partial charge >= 0.3 is 5.97 Å². The molecule has 1 N–H and O–H groups in total. The highest BCUT2D eigenvalue weighted by molar-refractivity contribution is 5.87. The molecule has 116 valence electrons. The number of aryl methyl sites for hydroxylation is 2. The van der Waals surface area contributed by atoms with Gasteiger partial charge in [-0.05, 0) is 31.0 Å². The number of anilines is 1. The highest BCUT2D eigenvalue weighted by Gasteiger charge is 2.27. The predicted molar refractivity (Wildman–Crippen MR) is 85.4 cm³/mol. The van der Waals surface area contributed by atoms with E-state index in [0.29, 0.717) is 6.54 Å². The third-order valence-corrected chi connectivity index (χ3v) is 4.14. The van der Waals surface area contributed by atoms with Crippen LogP contribution in [-0.4, -0.2) is 27.4 Å². The van der Waals surface area contributed by atoms with Crippen molar-refractivity contribution in [3.05, 3.63) is 46.8 Å². The summed E-state index contributed by atoms with van der Waals surface area (Å²) < 4.78 is 1.88. The summed E-state index contributed by atoms with van der Waals surface area (Å²) in [5.74, 6) is -0.933. The molecule has 0 saturated heterocycles. The summed E-state index contributed by atoms with van der Waals surface area (Å²) in [6, 6.07) is 8.33. The zero-order valence-corrected chi connectivity index (χ0v) is 13.0. The van der Waals surface area contributed by atoms with Crippen molar-refractivity contribution in [3.63, 3.8) is 0 Å². The van der Waals surface area contributed by atoms with Gasteiger partial charge in [0.2, 0.25) is 0 Å². The van der Waals surface area contributed by atoms with Crippen LogP contribution in [0.4, 0.5) is 5.69 Å². The fraction of sp³-hybridized carbons (Fsp3) is 0.412. The van der Waals surface area contributed by atoms with Gasteiger partial charge in [-0.2, -0.15) is 5.10 Å². The lowest BCUT2D eigenvalue weighted by Gasteiger charge is -2.30. The van der Waals surface area contributed by atoms with E-state index in [0.717, 1.165) is 42.9 Å². The molecular weight excluding hydrogens is 278 g/mol. The average molecular weight is 299 g/mol. The molecule has 5 nitrogen and oxygen atoms in total. The average Bonchev–Trinajstić information content (AvgIpc) is 2.86. The second-order valence-electron chi connectivity index (χ2n) is 5.81. The molecule has 0 fully saturated rings. The number of fused-ring (bicyclic) bond motifs is 1. The summed E-state index contributed by atoms with van der Waals surface area (Å²) in [5.41, 5.74) is 4.52. The Kier molecular flexibility index (Phi) is 3.88. The molecule has 0 saturated carbocycles. The minimum atomic E-state index is -0.933. The highest BCUT2D eigenvalue weighted by Crippen LogP contribution is 2.27. The molecule has 0 amide bonds. The first-order valence-electron chi connectivity index (χ1n) is 7.73. The van der Waals surface area contributed by atoms with Gasteiger partial charge in [0.05, 0.1) is 0 Å². The van der Waals surface area contributed by atoms with Crippen LogP contribution in [0.3, 0.4) is 0 Å². The Hall–Kier alpha value is -2.30. The smallest absolute Gasteiger partial charge is 0.356 e. The number of hydrogen-bond donors (Lipinski definition) is 1. The molecule has 0 spiro atoms. The zero-order valence-electron chi connectivity index (χ0n) is 13.0. The predicted octanol–water partition coefficient (Wildman–Crippen LogP) is 2.86. The van der Waals surface area contributed by atoms with Gasteiger partial charge < -0.3 is 10.0 Å². The van der Waals surface area contributed by atoms with E-state index in [9.17, 15) is 9.90 Å². The number of rotatable bonds is 4. The number of nitrogens with zero attached hydrogens (tertiary/aromatic N) is 3. The lowest BCUT2D eigenvalue weighted by Crippen LogP contribution is -2.31.